The normalized spacial score (nSPS) is 20.1. The van der Waals surface area contributed by atoms with Crippen molar-refractivity contribution in [3.05, 3.63) is 70.5 Å². The summed E-state index contributed by atoms with van der Waals surface area (Å²) in [5.41, 5.74) is 4.14. The maximum atomic E-state index is 13.3. The lowest BCUT2D eigenvalue weighted by molar-refractivity contribution is -0.118. The minimum Gasteiger partial charge on any atom is -0.506 e. The first kappa shape index (κ1) is 18.9. The van der Waals surface area contributed by atoms with E-state index in [9.17, 15) is 9.90 Å². The Morgan fingerprint density at radius 3 is 2.77 bits per heavy atom. The number of allylic oxidation sites excluding steroid dienone is 1. The number of carbonyl (C=O) groups excluding carboxylic acids is 1. The third-order valence-corrected chi connectivity index (χ3v) is 6.15. The molecule has 5 rings (SSSR count). The van der Waals surface area contributed by atoms with Crippen LogP contribution in [0.5, 0.6) is 5.75 Å². The zero-order chi connectivity index (χ0) is 21.0. The molecule has 0 saturated heterocycles. The number of fused-ring (bicyclic) bond motifs is 2. The fourth-order valence-corrected chi connectivity index (χ4v) is 4.75. The molecule has 1 aliphatic heterocycles. The first-order chi connectivity index (χ1) is 14.3. The van der Waals surface area contributed by atoms with Gasteiger partial charge in [-0.25, -0.2) is 4.98 Å². The number of para-hydroxylation sites is 2. The van der Waals surface area contributed by atoms with Gasteiger partial charge in [-0.1, -0.05) is 49.7 Å². The lowest BCUT2D eigenvalue weighted by atomic mass is 9.73. The topological polar surface area (TPSA) is 74.2 Å². The molecule has 0 radical (unpaired) electrons. The van der Waals surface area contributed by atoms with E-state index >= 15 is 0 Å². The van der Waals surface area contributed by atoms with Crippen LogP contribution in [0.1, 0.15) is 38.3 Å². The summed E-state index contributed by atoms with van der Waals surface area (Å²) in [6.45, 7) is 4.17. The molecule has 3 N–H and O–H groups in total. The van der Waals surface area contributed by atoms with E-state index in [-0.39, 0.29) is 16.9 Å². The van der Waals surface area contributed by atoms with Crippen molar-refractivity contribution in [3.8, 4) is 5.75 Å². The van der Waals surface area contributed by atoms with E-state index in [1.165, 1.54) is 0 Å². The Balaban J connectivity index is 1.75. The summed E-state index contributed by atoms with van der Waals surface area (Å²) in [5, 5.41) is 18.6. The number of Topliss-reactive ketones (excluding diaryl/α,β-unsaturated/α-hetero) is 1. The molecule has 1 aliphatic carbocycles. The molecule has 1 atom stereocenters. The van der Waals surface area contributed by atoms with Gasteiger partial charge in [-0.15, -0.1) is 0 Å². The van der Waals surface area contributed by atoms with Crippen LogP contribution in [0.4, 0.5) is 11.4 Å². The number of benzene rings is 2. The molecule has 30 heavy (non-hydrogen) atoms. The maximum Gasteiger partial charge on any atom is 0.163 e. The van der Waals surface area contributed by atoms with Crippen LogP contribution in [0.3, 0.4) is 0 Å². The number of carbonyl (C=O) groups is 1. The quantitative estimate of drug-likeness (QED) is 0.342. The summed E-state index contributed by atoms with van der Waals surface area (Å²) in [4.78, 5) is 17.9. The van der Waals surface area contributed by atoms with Gasteiger partial charge in [0.15, 0.2) is 5.78 Å². The van der Waals surface area contributed by atoms with Crippen molar-refractivity contribution in [1.82, 2.24) is 4.98 Å². The molecule has 3 aromatic rings. The van der Waals surface area contributed by atoms with Crippen LogP contribution >= 0.6 is 11.6 Å². The van der Waals surface area contributed by atoms with Crippen LogP contribution in [0.25, 0.3) is 10.9 Å². The van der Waals surface area contributed by atoms with Crippen LogP contribution in [0.15, 0.2) is 59.8 Å². The zero-order valence-corrected chi connectivity index (χ0v) is 17.5. The van der Waals surface area contributed by atoms with Gasteiger partial charge in [0, 0.05) is 28.6 Å². The number of halogens is 1. The van der Waals surface area contributed by atoms with Gasteiger partial charge in [0.1, 0.15) is 16.6 Å². The largest absolute Gasteiger partial charge is 0.506 e. The van der Waals surface area contributed by atoms with Gasteiger partial charge in [-0.2, -0.15) is 0 Å². The summed E-state index contributed by atoms with van der Waals surface area (Å²) in [6.07, 6.45) is 1.14. The van der Waals surface area contributed by atoms with E-state index in [1.807, 2.05) is 36.4 Å². The summed E-state index contributed by atoms with van der Waals surface area (Å²) in [6, 6.07) is 14.6. The summed E-state index contributed by atoms with van der Waals surface area (Å²) >= 11 is 6.63. The highest BCUT2D eigenvalue weighted by atomic mass is 35.5. The lowest BCUT2D eigenvalue weighted by Crippen LogP contribution is -2.31. The lowest BCUT2D eigenvalue weighted by Gasteiger charge is -2.34. The van der Waals surface area contributed by atoms with Crippen molar-refractivity contribution in [3.63, 3.8) is 0 Å². The average molecular weight is 420 g/mol. The molecule has 0 spiro atoms. The van der Waals surface area contributed by atoms with E-state index in [4.69, 9.17) is 11.6 Å². The SMILES string of the molecule is CC1(C)CC(=O)C2=C(C1)Nc1c(O)cccc1NC2c1cc2ccccc2nc1Cl. The van der Waals surface area contributed by atoms with Crippen molar-refractivity contribution in [2.75, 3.05) is 10.6 Å². The van der Waals surface area contributed by atoms with E-state index in [0.29, 0.717) is 34.9 Å². The fourth-order valence-electron chi connectivity index (χ4n) is 4.50. The number of aromatic hydroxyl groups is 1. The summed E-state index contributed by atoms with van der Waals surface area (Å²) in [7, 11) is 0. The molecule has 0 saturated carbocycles. The van der Waals surface area contributed by atoms with Gasteiger partial charge >= 0.3 is 0 Å². The zero-order valence-electron chi connectivity index (χ0n) is 16.8. The van der Waals surface area contributed by atoms with Crippen molar-refractivity contribution < 1.29 is 9.90 Å². The highest BCUT2D eigenvalue weighted by Gasteiger charge is 2.39. The second-order valence-corrected chi connectivity index (χ2v) is 9.15. The maximum absolute atomic E-state index is 13.3. The van der Waals surface area contributed by atoms with Crippen molar-refractivity contribution in [1.29, 1.82) is 0 Å². The molecule has 0 bridgehead atoms. The van der Waals surface area contributed by atoms with Crippen molar-refractivity contribution >= 4 is 39.7 Å². The fraction of sp³-hybridized carbons (Fsp3) is 0.250. The Morgan fingerprint density at radius 1 is 1.13 bits per heavy atom. The molecule has 2 heterocycles. The number of hydrogen-bond donors (Lipinski definition) is 3. The second kappa shape index (κ2) is 6.74. The van der Waals surface area contributed by atoms with Crippen LogP contribution < -0.4 is 10.6 Å². The Labute approximate surface area is 179 Å². The van der Waals surface area contributed by atoms with Gasteiger partial charge in [-0.3, -0.25) is 4.79 Å². The molecule has 2 aliphatic rings. The number of rotatable bonds is 1. The van der Waals surface area contributed by atoms with Gasteiger partial charge in [0.2, 0.25) is 0 Å². The number of pyridine rings is 1. The number of anilines is 2. The number of hydrogen-bond acceptors (Lipinski definition) is 5. The monoisotopic (exact) mass is 419 g/mol. The smallest absolute Gasteiger partial charge is 0.163 e. The molecule has 0 amide bonds. The van der Waals surface area contributed by atoms with Gasteiger partial charge in [0.05, 0.1) is 17.2 Å². The summed E-state index contributed by atoms with van der Waals surface area (Å²) < 4.78 is 0. The van der Waals surface area contributed by atoms with E-state index in [1.54, 1.807) is 12.1 Å². The van der Waals surface area contributed by atoms with Crippen LogP contribution in [-0.4, -0.2) is 15.9 Å². The van der Waals surface area contributed by atoms with Gasteiger partial charge in [-0.05, 0) is 36.1 Å². The number of ketones is 1. The third-order valence-electron chi connectivity index (χ3n) is 5.84. The summed E-state index contributed by atoms with van der Waals surface area (Å²) in [5.74, 6) is 0.203. The molecule has 1 unspecified atom stereocenters. The number of phenols is 1. The molecule has 1 aromatic heterocycles. The molecular formula is C24H22ClN3O2. The Bertz CT molecular complexity index is 1230. The Hall–Kier alpha value is -3.05. The molecule has 0 fully saturated rings. The minimum atomic E-state index is -0.469. The molecule has 152 valence electrons. The molecule has 6 heteroatoms. The van der Waals surface area contributed by atoms with Crippen LogP contribution in [0, 0.1) is 5.41 Å². The molecular weight excluding hydrogens is 398 g/mol. The van der Waals surface area contributed by atoms with E-state index in [2.05, 4.69) is 29.5 Å². The first-order valence-corrected chi connectivity index (χ1v) is 10.4. The highest BCUT2D eigenvalue weighted by molar-refractivity contribution is 6.30. The van der Waals surface area contributed by atoms with Gasteiger partial charge < -0.3 is 15.7 Å². The van der Waals surface area contributed by atoms with Crippen LogP contribution in [0.2, 0.25) is 5.15 Å². The van der Waals surface area contributed by atoms with E-state index < -0.39 is 6.04 Å². The Morgan fingerprint density at radius 2 is 1.93 bits per heavy atom. The third kappa shape index (κ3) is 3.10. The number of aromatic nitrogens is 1. The predicted molar refractivity (Wildman–Crippen MR) is 120 cm³/mol. The molecule has 5 nitrogen and oxygen atoms in total. The highest BCUT2D eigenvalue weighted by Crippen LogP contribution is 2.48. The van der Waals surface area contributed by atoms with Crippen molar-refractivity contribution in [2.24, 2.45) is 5.41 Å². The standard InChI is InChI=1S/C24H22ClN3O2/c1-24(2)11-17-20(19(30)12-24)21(26-16-8-5-9-18(29)22(16)27-17)14-10-13-6-3-4-7-15(13)28-23(14)25/h3-10,21,26-27,29H,11-12H2,1-2H3. The second-order valence-electron chi connectivity index (χ2n) is 8.80. The first-order valence-electron chi connectivity index (χ1n) is 9.99. The minimum absolute atomic E-state index is 0.0720. The molecule has 2 aromatic carbocycles. The number of phenolic OH excluding ortho intramolecular Hbond substituents is 1. The van der Waals surface area contributed by atoms with E-state index in [0.717, 1.165) is 22.2 Å². The average Bonchev–Trinajstić information content (AvgIpc) is 2.84. The Kier molecular flexibility index (Phi) is 4.26. The van der Waals surface area contributed by atoms with Crippen LogP contribution in [-0.2, 0) is 4.79 Å². The van der Waals surface area contributed by atoms with Crippen molar-refractivity contribution in [2.45, 2.75) is 32.7 Å². The predicted octanol–water partition coefficient (Wildman–Crippen LogP) is 5.82. The number of nitrogens with zero attached hydrogens (tertiary/aromatic N) is 1. The number of nitrogens with one attached hydrogen (secondary N) is 2. The van der Waals surface area contributed by atoms with Gasteiger partial charge in [0.25, 0.3) is 0 Å².